The molecule has 102 valence electrons. The summed E-state index contributed by atoms with van der Waals surface area (Å²) in [7, 11) is 0. The molecule has 0 spiro atoms. The number of rotatable bonds is 6. The lowest BCUT2D eigenvalue weighted by Crippen LogP contribution is -2.44. The van der Waals surface area contributed by atoms with Crippen LogP contribution in [0.1, 0.15) is 51.9 Å². The first-order chi connectivity index (χ1) is 8.61. The summed E-state index contributed by atoms with van der Waals surface area (Å²) < 4.78 is 0. The Morgan fingerprint density at radius 1 is 1.33 bits per heavy atom. The third-order valence-electron chi connectivity index (χ3n) is 4.54. The largest absolute Gasteiger partial charge is 0.480 e. The van der Waals surface area contributed by atoms with Gasteiger partial charge < -0.3 is 10.4 Å². The zero-order valence-corrected chi connectivity index (χ0v) is 11.0. The number of fused-ring (bicyclic) bond motifs is 2. The molecule has 1 amide bonds. The molecule has 2 fully saturated rings. The van der Waals surface area contributed by atoms with Gasteiger partial charge in [0, 0.05) is 5.92 Å². The standard InChI is InChI=1S/C14H23NO3/c1-2-3-4-12(14(17)18)15-13(16)11-8-9-5-6-10(11)7-9/h9-12H,2-8H2,1H3,(H,15,16)(H,17,18). The zero-order chi connectivity index (χ0) is 13.1. The maximum atomic E-state index is 12.1. The van der Waals surface area contributed by atoms with Crippen molar-refractivity contribution in [2.24, 2.45) is 17.8 Å². The lowest BCUT2D eigenvalue weighted by Gasteiger charge is -2.23. The van der Waals surface area contributed by atoms with Crippen molar-refractivity contribution >= 4 is 11.9 Å². The highest BCUT2D eigenvalue weighted by molar-refractivity contribution is 5.85. The molecule has 2 rings (SSSR count). The fourth-order valence-corrected chi connectivity index (χ4v) is 3.51. The zero-order valence-electron chi connectivity index (χ0n) is 11.0. The molecule has 2 aliphatic rings. The molecule has 0 saturated heterocycles. The number of amides is 1. The molecule has 0 radical (unpaired) electrons. The van der Waals surface area contributed by atoms with Gasteiger partial charge in [-0.15, -0.1) is 0 Å². The minimum atomic E-state index is -0.903. The molecule has 4 heteroatoms. The third-order valence-corrected chi connectivity index (χ3v) is 4.54. The van der Waals surface area contributed by atoms with Gasteiger partial charge in [0.2, 0.25) is 5.91 Å². The Labute approximate surface area is 108 Å². The van der Waals surface area contributed by atoms with Crippen molar-refractivity contribution in [3.05, 3.63) is 0 Å². The number of hydrogen-bond donors (Lipinski definition) is 2. The van der Waals surface area contributed by atoms with Crippen LogP contribution >= 0.6 is 0 Å². The minimum Gasteiger partial charge on any atom is -0.480 e. The maximum Gasteiger partial charge on any atom is 0.326 e. The van der Waals surface area contributed by atoms with E-state index in [0.29, 0.717) is 18.3 Å². The van der Waals surface area contributed by atoms with Crippen LogP contribution in [-0.4, -0.2) is 23.0 Å². The molecule has 2 N–H and O–H groups in total. The SMILES string of the molecule is CCCCC(NC(=O)C1CC2CCC1C2)C(=O)O. The number of aliphatic carboxylic acids is 1. The summed E-state index contributed by atoms with van der Waals surface area (Å²) in [6.45, 7) is 2.02. The first kappa shape index (κ1) is 13.4. The molecule has 0 aliphatic heterocycles. The second-order valence-electron chi connectivity index (χ2n) is 5.82. The van der Waals surface area contributed by atoms with E-state index in [4.69, 9.17) is 5.11 Å². The van der Waals surface area contributed by atoms with Gasteiger partial charge in [0.25, 0.3) is 0 Å². The quantitative estimate of drug-likeness (QED) is 0.762. The Balaban J connectivity index is 1.86. The monoisotopic (exact) mass is 253 g/mol. The lowest BCUT2D eigenvalue weighted by molar-refractivity contribution is -0.143. The molecule has 0 heterocycles. The van der Waals surface area contributed by atoms with Crippen LogP contribution in [-0.2, 0) is 9.59 Å². The number of carboxylic acid groups (broad SMARTS) is 1. The van der Waals surface area contributed by atoms with Gasteiger partial charge >= 0.3 is 5.97 Å². The van der Waals surface area contributed by atoms with E-state index < -0.39 is 12.0 Å². The van der Waals surface area contributed by atoms with Crippen LogP contribution in [0.2, 0.25) is 0 Å². The minimum absolute atomic E-state index is 0.0225. The fraction of sp³-hybridized carbons (Fsp3) is 0.857. The maximum absolute atomic E-state index is 12.1. The van der Waals surface area contributed by atoms with Crippen molar-refractivity contribution in [3.63, 3.8) is 0 Å². The molecule has 18 heavy (non-hydrogen) atoms. The van der Waals surface area contributed by atoms with Crippen molar-refractivity contribution in [1.29, 1.82) is 0 Å². The van der Waals surface area contributed by atoms with Crippen molar-refractivity contribution < 1.29 is 14.7 Å². The Morgan fingerprint density at radius 2 is 2.11 bits per heavy atom. The van der Waals surface area contributed by atoms with Crippen LogP contribution in [0.5, 0.6) is 0 Å². The Hall–Kier alpha value is -1.06. The van der Waals surface area contributed by atoms with E-state index in [1.807, 2.05) is 6.92 Å². The van der Waals surface area contributed by atoms with Gasteiger partial charge in [-0.3, -0.25) is 4.79 Å². The Bertz CT molecular complexity index is 329. The van der Waals surface area contributed by atoms with E-state index in [-0.39, 0.29) is 11.8 Å². The van der Waals surface area contributed by atoms with E-state index in [0.717, 1.165) is 25.7 Å². The molecule has 0 aromatic heterocycles. The third kappa shape index (κ3) is 2.85. The van der Waals surface area contributed by atoms with Crippen molar-refractivity contribution in [1.82, 2.24) is 5.32 Å². The van der Waals surface area contributed by atoms with E-state index in [1.165, 1.54) is 12.8 Å². The number of hydrogen-bond acceptors (Lipinski definition) is 2. The van der Waals surface area contributed by atoms with E-state index in [2.05, 4.69) is 5.32 Å². The number of carboxylic acids is 1. The summed E-state index contributed by atoms with van der Waals surface area (Å²) in [6.07, 6.45) is 6.88. The first-order valence-electron chi connectivity index (χ1n) is 7.15. The van der Waals surface area contributed by atoms with Crippen LogP contribution in [0.15, 0.2) is 0 Å². The van der Waals surface area contributed by atoms with Crippen LogP contribution in [0.4, 0.5) is 0 Å². The van der Waals surface area contributed by atoms with Crippen LogP contribution in [0.25, 0.3) is 0 Å². The second-order valence-corrected chi connectivity index (χ2v) is 5.82. The molecule has 4 unspecified atom stereocenters. The number of nitrogens with one attached hydrogen (secondary N) is 1. The average Bonchev–Trinajstić information content (AvgIpc) is 2.95. The molecule has 0 aromatic rings. The number of carbonyl (C=O) groups is 2. The highest BCUT2D eigenvalue weighted by atomic mass is 16.4. The van der Waals surface area contributed by atoms with Gasteiger partial charge in [-0.2, -0.15) is 0 Å². The van der Waals surface area contributed by atoms with Gasteiger partial charge in [0.05, 0.1) is 0 Å². The average molecular weight is 253 g/mol. The van der Waals surface area contributed by atoms with Crippen molar-refractivity contribution in [2.75, 3.05) is 0 Å². The van der Waals surface area contributed by atoms with Crippen LogP contribution in [0.3, 0.4) is 0 Å². The van der Waals surface area contributed by atoms with Crippen molar-refractivity contribution in [3.8, 4) is 0 Å². The van der Waals surface area contributed by atoms with Gasteiger partial charge in [0.15, 0.2) is 0 Å². The molecule has 4 nitrogen and oxygen atoms in total. The summed E-state index contributed by atoms with van der Waals surface area (Å²) in [5.74, 6) is 0.373. The summed E-state index contributed by atoms with van der Waals surface area (Å²) in [5, 5.41) is 11.8. The normalized spacial score (nSPS) is 31.3. The summed E-state index contributed by atoms with van der Waals surface area (Å²) in [5.41, 5.74) is 0. The topological polar surface area (TPSA) is 66.4 Å². The Kier molecular flexibility index (Phi) is 4.25. The molecular weight excluding hydrogens is 230 g/mol. The molecule has 0 aromatic carbocycles. The van der Waals surface area contributed by atoms with E-state index in [9.17, 15) is 9.59 Å². The number of unbranched alkanes of at least 4 members (excludes halogenated alkanes) is 1. The molecule has 2 saturated carbocycles. The number of carbonyl (C=O) groups excluding carboxylic acids is 1. The van der Waals surface area contributed by atoms with Crippen LogP contribution < -0.4 is 5.32 Å². The predicted molar refractivity (Wildman–Crippen MR) is 68.0 cm³/mol. The Morgan fingerprint density at radius 3 is 2.61 bits per heavy atom. The smallest absolute Gasteiger partial charge is 0.326 e. The van der Waals surface area contributed by atoms with Gasteiger partial charge in [-0.05, 0) is 37.5 Å². The summed E-state index contributed by atoms with van der Waals surface area (Å²) >= 11 is 0. The van der Waals surface area contributed by atoms with E-state index in [1.54, 1.807) is 0 Å². The molecule has 2 aliphatic carbocycles. The molecule has 4 atom stereocenters. The van der Waals surface area contributed by atoms with Crippen LogP contribution in [0, 0.1) is 17.8 Å². The fourth-order valence-electron chi connectivity index (χ4n) is 3.51. The van der Waals surface area contributed by atoms with Gasteiger partial charge in [0.1, 0.15) is 6.04 Å². The highest BCUT2D eigenvalue weighted by Crippen LogP contribution is 2.48. The van der Waals surface area contributed by atoms with E-state index >= 15 is 0 Å². The first-order valence-corrected chi connectivity index (χ1v) is 7.15. The highest BCUT2D eigenvalue weighted by Gasteiger charge is 2.43. The van der Waals surface area contributed by atoms with Crippen molar-refractivity contribution in [2.45, 2.75) is 57.9 Å². The molecular formula is C14H23NO3. The van der Waals surface area contributed by atoms with Gasteiger partial charge in [-0.1, -0.05) is 26.2 Å². The molecule has 2 bridgehead atoms. The van der Waals surface area contributed by atoms with Gasteiger partial charge in [-0.25, -0.2) is 4.79 Å². The predicted octanol–water partition coefficient (Wildman–Crippen LogP) is 2.18. The second kappa shape index (κ2) is 5.72. The summed E-state index contributed by atoms with van der Waals surface area (Å²) in [6, 6.07) is -0.698. The lowest BCUT2D eigenvalue weighted by atomic mass is 9.88. The summed E-state index contributed by atoms with van der Waals surface area (Å²) in [4.78, 5) is 23.2.